The lowest BCUT2D eigenvalue weighted by atomic mass is 10.1. The summed E-state index contributed by atoms with van der Waals surface area (Å²) in [5.41, 5.74) is 5.03. The van der Waals surface area contributed by atoms with Crippen molar-refractivity contribution in [2.24, 2.45) is 5.73 Å². The van der Waals surface area contributed by atoms with E-state index in [9.17, 15) is 14.4 Å². The zero-order valence-corrected chi connectivity index (χ0v) is 12.5. The molecule has 0 spiro atoms. The van der Waals surface area contributed by atoms with E-state index >= 15 is 0 Å². The first-order valence-corrected chi connectivity index (χ1v) is 7.37. The van der Waals surface area contributed by atoms with Crippen LogP contribution in [0.4, 0.5) is 0 Å². The minimum atomic E-state index is -0.631. The minimum absolute atomic E-state index is 0.0343. The molecule has 23 heavy (non-hydrogen) atoms. The van der Waals surface area contributed by atoms with Crippen molar-refractivity contribution in [3.05, 3.63) is 46.3 Å². The van der Waals surface area contributed by atoms with Crippen molar-refractivity contribution in [1.82, 2.24) is 9.80 Å². The summed E-state index contributed by atoms with van der Waals surface area (Å²) in [5.74, 6) is -0.733. The number of fused-ring (bicyclic) bond motifs is 1. The molecule has 0 atom stereocenters. The van der Waals surface area contributed by atoms with E-state index < -0.39 is 5.63 Å². The van der Waals surface area contributed by atoms with Crippen molar-refractivity contribution in [2.45, 2.75) is 0 Å². The van der Waals surface area contributed by atoms with E-state index in [1.807, 2.05) is 11.0 Å². The smallest absolute Gasteiger partial charge is 0.349 e. The number of benzene rings is 1. The zero-order chi connectivity index (χ0) is 16.4. The number of carbonyl (C=O) groups excluding carboxylic acids is 2. The Hall–Kier alpha value is -2.67. The summed E-state index contributed by atoms with van der Waals surface area (Å²) < 4.78 is 5.20. The minimum Gasteiger partial charge on any atom is -0.422 e. The second kappa shape index (κ2) is 6.21. The van der Waals surface area contributed by atoms with Gasteiger partial charge in [-0.15, -0.1) is 0 Å². The molecule has 0 saturated carbocycles. The summed E-state index contributed by atoms with van der Waals surface area (Å²) >= 11 is 0. The number of hydrogen-bond donors (Lipinski definition) is 1. The van der Waals surface area contributed by atoms with Crippen LogP contribution in [0.3, 0.4) is 0 Å². The average molecular weight is 315 g/mol. The molecule has 7 nitrogen and oxygen atoms in total. The molecular formula is C16H17N3O4. The summed E-state index contributed by atoms with van der Waals surface area (Å²) in [4.78, 5) is 39.0. The molecule has 2 heterocycles. The first kappa shape index (κ1) is 15.2. The molecule has 1 aromatic carbocycles. The summed E-state index contributed by atoms with van der Waals surface area (Å²) in [5, 5.41) is 0.711. The molecule has 0 aliphatic carbocycles. The van der Waals surface area contributed by atoms with Gasteiger partial charge in [-0.1, -0.05) is 18.2 Å². The van der Waals surface area contributed by atoms with Gasteiger partial charge in [-0.2, -0.15) is 0 Å². The zero-order valence-electron chi connectivity index (χ0n) is 12.5. The Bertz CT molecular complexity index is 806. The lowest BCUT2D eigenvalue weighted by molar-refractivity contribution is -0.119. The second-order valence-corrected chi connectivity index (χ2v) is 5.52. The van der Waals surface area contributed by atoms with Crippen LogP contribution >= 0.6 is 0 Å². The van der Waals surface area contributed by atoms with E-state index in [0.717, 1.165) is 0 Å². The number of amides is 2. The number of rotatable bonds is 3. The van der Waals surface area contributed by atoms with Crippen molar-refractivity contribution in [3.63, 3.8) is 0 Å². The molecule has 7 heteroatoms. The molecule has 1 aliphatic rings. The quantitative estimate of drug-likeness (QED) is 0.806. The Morgan fingerprint density at radius 3 is 2.52 bits per heavy atom. The molecule has 1 aromatic heterocycles. The van der Waals surface area contributed by atoms with Gasteiger partial charge in [0, 0.05) is 31.6 Å². The summed E-state index contributed by atoms with van der Waals surface area (Å²) in [7, 11) is 0. The SMILES string of the molecule is NC(=O)CN1CCN(C(=O)c2cc3ccccc3oc2=O)CC1. The fourth-order valence-corrected chi connectivity index (χ4v) is 2.71. The van der Waals surface area contributed by atoms with Gasteiger partial charge in [0.1, 0.15) is 11.1 Å². The number of hydrogen-bond acceptors (Lipinski definition) is 5. The number of primary amides is 1. The van der Waals surface area contributed by atoms with E-state index in [4.69, 9.17) is 10.2 Å². The van der Waals surface area contributed by atoms with E-state index in [1.165, 1.54) is 0 Å². The Morgan fingerprint density at radius 2 is 1.83 bits per heavy atom. The molecular weight excluding hydrogens is 298 g/mol. The van der Waals surface area contributed by atoms with Crippen molar-refractivity contribution in [3.8, 4) is 0 Å². The van der Waals surface area contributed by atoms with Crippen molar-refractivity contribution in [1.29, 1.82) is 0 Å². The maximum Gasteiger partial charge on any atom is 0.349 e. The molecule has 1 aliphatic heterocycles. The Morgan fingerprint density at radius 1 is 1.13 bits per heavy atom. The monoisotopic (exact) mass is 315 g/mol. The molecule has 2 N–H and O–H groups in total. The van der Waals surface area contributed by atoms with Crippen molar-refractivity contribution >= 4 is 22.8 Å². The van der Waals surface area contributed by atoms with Gasteiger partial charge in [-0.25, -0.2) is 4.79 Å². The van der Waals surface area contributed by atoms with Crippen LogP contribution in [0.2, 0.25) is 0 Å². The fourth-order valence-electron chi connectivity index (χ4n) is 2.71. The Labute approximate surface area is 132 Å². The number of piperazine rings is 1. The standard InChI is InChI=1S/C16H17N3O4/c17-14(20)10-18-5-7-19(8-6-18)15(21)12-9-11-3-1-2-4-13(11)23-16(12)22/h1-4,9H,5-8,10H2,(H2,17,20). The third kappa shape index (κ3) is 3.24. The van der Waals surface area contributed by atoms with Crippen LogP contribution in [0.1, 0.15) is 10.4 Å². The summed E-state index contributed by atoms with van der Waals surface area (Å²) in [6.45, 7) is 2.16. The summed E-state index contributed by atoms with van der Waals surface area (Å²) in [6, 6.07) is 8.64. The van der Waals surface area contributed by atoms with Crippen LogP contribution < -0.4 is 11.4 Å². The van der Waals surface area contributed by atoms with E-state index in [0.29, 0.717) is 37.1 Å². The first-order chi connectivity index (χ1) is 11.0. The average Bonchev–Trinajstić information content (AvgIpc) is 2.54. The lowest BCUT2D eigenvalue weighted by Crippen LogP contribution is -2.51. The highest BCUT2D eigenvalue weighted by Crippen LogP contribution is 2.14. The third-order valence-electron chi connectivity index (χ3n) is 3.91. The number of nitrogens with two attached hydrogens (primary N) is 1. The maximum absolute atomic E-state index is 12.5. The number of carbonyl (C=O) groups is 2. The predicted molar refractivity (Wildman–Crippen MR) is 84.0 cm³/mol. The first-order valence-electron chi connectivity index (χ1n) is 7.37. The van der Waals surface area contributed by atoms with Gasteiger partial charge in [-0.05, 0) is 12.1 Å². The fraction of sp³-hybridized carbons (Fsp3) is 0.312. The Balaban J connectivity index is 1.78. The van der Waals surface area contributed by atoms with Crippen LogP contribution in [-0.4, -0.2) is 54.3 Å². The van der Waals surface area contributed by atoms with Crippen molar-refractivity contribution in [2.75, 3.05) is 32.7 Å². The highest BCUT2D eigenvalue weighted by Gasteiger charge is 2.25. The predicted octanol–water partition coefficient (Wildman–Crippen LogP) is 0.0361. The molecule has 1 fully saturated rings. The molecule has 0 radical (unpaired) electrons. The highest BCUT2D eigenvalue weighted by molar-refractivity contribution is 5.96. The number of para-hydroxylation sites is 1. The summed E-state index contributed by atoms with van der Waals surface area (Å²) in [6.07, 6.45) is 0. The van der Waals surface area contributed by atoms with Crippen LogP contribution in [0.5, 0.6) is 0 Å². The Kier molecular flexibility index (Phi) is 4.12. The largest absolute Gasteiger partial charge is 0.422 e. The maximum atomic E-state index is 12.5. The van der Waals surface area contributed by atoms with E-state index in [1.54, 1.807) is 29.2 Å². The van der Waals surface area contributed by atoms with E-state index in [2.05, 4.69) is 0 Å². The topological polar surface area (TPSA) is 96.9 Å². The molecule has 0 bridgehead atoms. The molecule has 120 valence electrons. The van der Waals surface area contributed by atoms with Gasteiger partial charge in [0.15, 0.2) is 0 Å². The normalized spacial score (nSPS) is 15.7. The van der Waals surface area contributed by atoms with Gasteiger partial charge < -0.3 is 15.1 Å². The van der Waals surface area contributed by atoms with Crippen molar-refractivity contribution < 1.29 is 14.0 Å². The van der Waals surface area contributed by atoms with Gasteiger partial charge in [0.2, 0.25) is 5.91 Å². The van der Waals surface area contributed by atoms with Gasteiger partial charge in [0.05, 0.1) is 6.54 Å². The third-order valence-corrected chi connectivity index (χ3v) is 3.91. The molecule has 1 saturated heterocycles. The van der Waals surface area contributed by atoms with Crippen LogP contribution in [0.25, 0.3) is 11.0 Å². The van der Waals surface area contributed by atoms with Crippen LogP contribution in [0, 0.1) is 0 Å². The lowest BCUT2D eigenvalue weighted by Gasteiger charge is -2.33. The molecule has 2 amide bonds. The highest BCUT2D eigenvalue weighted by atomic mass is 16.4. The number of nitrogens with zero attached hydrogens (tertiary/aromatic N) is 2. The van der Waals surface area contributed by atoms with Crippen LogP contribution in [-0.2, 0) is 4.79 Å². The molecule has 0 unspecified atom stereocenters. The molecule has 2 aromatic rings. The van der Waals surface area contributed by atoms with Gasteiger partial charge in [0.25, 0.3) is 5.91 Å². The van der Waals surface area contributed by atoms with E-state index in [-0.39, 0.29) is 23.9 Å². The second-order valence-electron chi connectivity index (χ2n) is 5.52. The van der Waals surface area contributed by atoms with Gasteiger partial charge >= 0.3 is 5.63 Å². The molecule has 3 rings (SSSR count). The van der Waals surface area contributed by atoms with Gasteiger partial charge in [-0.3, -0.25) is 14.5 Å². The van der Waals surface area contributed by atoms with Crippen LogP contribution in [0.15, 0.2) is 39.5 Å².